The number of hydrogen-bond donors (Lipinski definition) is 0. The molecule has 0 radical (unpaired) electrons. The standard InChI is InChI=1S/C23H23ClN2O2/c1-14-17(24)5-4-6-18(14)26-19-12-23(2,3)13-20(27)22(19)16(11-21(26)28)15-7-9-25-10-8-15/h4-10,16H,11-13H2,1-3H3. The molecular weight excluding hydrogens is 372 g/mol. The Morgan fingerprint density at radius 1 is 1.11 bits per heavy atom. The van der Waals surface area contributed by atoms with Crippen molar-refractivity contribution < 1.29 is 9.59 Å². The molecule has 2 aliphatic rings. The van der Waals surface area contributed by atoms with Crippen molar-refractivity contribution in [2.45, 2.75) is 46.0 Å². The van der Waals surface area contributed by atoms with E-state index in [-0.39, 0.29) is 29.4 Å². The molecule has 0 spiro atoms. The van der Waals surface area contributed by atoms with Crippen LogP contribution in [0.4, 0.5) is 5.69 Å². The van der Waals surface area contributed by atoms with Gasteiger partial charge in [-0.2, -0.15) is 0 Å². The number of Topliss-reactive ketones (excluding diaryl/α,β-unsaturated/α-hetero) is 1. The highest BCUT2D eigenvalue weighted by Gasteiger charge is 2.44. The molecule has 1 amide bonds. The number of benzene rings is 1. The maximum atomic E-state index is 13.3. The Kier molecular flexibility index (Phi) is 4.62. The van der Waals surface area contributed by atoms with Crippen LogP contribution >= 0.6 is 11.6 Å². The van der Waals surface area contributed by atoms with Crippen LogP contribution in [0.1, 0.15) is 50.2 Å². The van der Waals surface area contributed by atoms with Gasteiger partial charge in [0, 0.05) is 47.4 Å². The molecule has 1 atom stereocenters. The number of allylic oxidation sites excluding steroid dienone is 2. The number of ketones is 1. The molecule has 1 aromatic carbocycles. The van der Waals surface area contributed by atoms with Crippen LogP contribution in [0.3, 0.4) is 0 Å². The van der Waals surface area contributed by atoms with Gasteiger partial charge in [-0.15, -0.1) is 0 Å². The van der Waals surface area contributed by atoms with Gasteiger partial charge >= 0.3 is 0 Å². The molecule has 0 bridgehead atoms. The second-order valence-electron chi connectivity index (χ2n) is 8.45. The van der Waals surface area contributed by atoms with E-state index in [1.807, 2.05) is 37.3 Å². The quantitative estimate of drug-likeness (QED) is 0.702. The molecular formula is C23H23ClN2O2. The van der Waals surface area contributed by atoms with E-state index in [1.165, 1.54) is 0 Å². The largest absolute Gasteiger partial charge is 0.294 e. The van der Waals surface area contributed by atoms with Gasteiger partial charge in [-0.05, 0) is 54.2 Å². The fourth-order valence-electron chi connectivity index (χ4n) is 4.41. The number of anilines is 1. The van der Waals surface area contributed by atoms with Crippen LogP contribution in [0.2, 0.25) is 5.02 Å². The Bertz CT molecular complexity index is 995. The first-order valence-corrected chi connectivity index (χ1v) is 9.90. The molecule has 0 N–H and O–H groups in total. The Labute approximate surface area is 170 Å². The molecule has 28 heavy (non-hydrogen) atoms. The Morgan fingerprint density at radius 3 is 2.54 bits per heavy atom. The lowest BCUT2D eigenvalue weighted by molar-refractivity contribution is -0.121. The van der Waals surface area contributed by atoms with Crippen LogP contribution < -0.4 is 4.90 Å². The van der Waals surface area contributed by atoms with E-state index in [1.54, 1.807) is 17.3 Å². The second kappa shape index (κ2) is 6.85. The number of rotatable bonds is 2. The number of aromatic nitrogens is 1. The molecule has 1 aliphatic heterocycles. The van der Waals surface area contributed by atoms with E-state index >= 15 is 0 Å². The third kappa shape index (κ3) is 3.16. The first-order chi connectivity index (χ1) is 13.3. The number of carbonyl (C=O) groups excluding carboxylic acids is 2. The number of halogens is 1. The van der Waals surface area contributed by atoms with Gasteiger partial charge in [0.15, 0.2) is 5.78 Å². The molecule has 1 aromatic heterocycles. The van der Waals surface area contributed by atoms with Crippen LogP contribution in [0.25, 0.3) is 0 Å². The lowest BCUT2D eigenvalue weighted by Gasteiger charge is -2.43. The second-order valence-corrected chi connectivity index (χ2v) is 8.86. The predicted molar refractivity (Wildman–Crippen MR) is 110 cm³/mol. The Balaban J connectivity index is 1.94. The van der Waals surface area contributed by atoms with Crippen molar-refractivity contribution >= 4 is 29.0 Å². The molecule has 0 saturated heterocycles. The zero-order valence-corrected chi connectivity index (χ0v) is 17.1. The first-order valence-electron chi connectivity index (χ1n) is 9.53. The van der Waals surface area contributed by atoms with Crippen LogP contribution in [0, 0.1) is 12.3 Å². The summed E-state index contributed by atoms with van der Waals surface area (Å²) in [6, 6.07) is 9.37. The van der Waals surface area contributed by atoms with Crippen LogP contribution in [0.15, 0.2) is 54.0 Å². The van der Waals surface area contributed by atoms with E-state index in [0.717, 1.165) is 28.1 Å². The third-order valence-corrected chi connectivity index (χ3v) is 6.14. The number of pyridine rings is 1. The smallest absolute Gasteiger partial charge is 0.232 e. The van der Waals surface area contributed by atoms with E-state index in [2.05, 4.69) is 18.8 Å². The fraction of sp³-hybridized carbons (Fsp3) is 0.348. The number of amides is 1. The maximum Gasteiger partial charge on any atom is 0.232 e. The van der Waals surface area contributed by atoms with E-state index in [0.29, 0.717) is 17.9 Å². The van der Waals surface area contributed by atoms with Gasteiger partial charge in [-0.1, -0.05) is 31.5 Å². The topological polar surface area (TPSA) is 50.3 Å². The minimum Gasteiger partial charge on any atom is -0.294 e. The Hall–Kier alpha value is -2.46. The lowest BCUT2D eigenvalue weighted by Crippen LogP contribution is -2.44. The highest BCUT2D eigenvalue weighted by molar-refractivity contribution is 6.31. The molecule has 0 saturated carbocycles. The van der Waals surface area contributed by atoms with Gasteiger partial charge in [0.1, 0.15) is 0 Å². The van der Waals surface area contributed by atoms with Crippen molar-refractivity contribution in [3.63, 3.8) is 0 Å². The summed E-state index contributed by atoms with van der Waals surface area (Å²) in [7, 11) is 0. The number of hydrogen-bond acceptors (Lipinski definition) is 3. The van der Waals surface area contributed by atoms with Crippen LogP contribution in [0.5, 0.6) is 0 Å². The molecule has 0 fully saturated rings. The summed E-state index contributed by atoms with van der Waals surface area (Å²) in [5.41, 5.74) is 3.98. The molecule has 2 heterocycles. The summed E-state index contributed by atoms with van der Waals surface area (Å²) in [5, 5.41) is 0.616. The van der Waals surface area contributed by atoms with Gasteiger partial charge in [-0.3, -0.25) is 19.5 Å². The van der Waals surface area contributed by atoms with Crippen LogP contribution in [-0.2, 0) is 9.59 Å². The fourth-order valence-corrected chi connectivity index (χ4v) is 4.58. The average molecular weight is 395 g/mol. The highest BCUT2D eigenvalue weighted by atomic mass is 35.5. The van der Waals surface area contributed by atoms with Gasteiger partial charge in [-0.25, -0.2) is 0 Å². The molecule has 144 valence electrons. The van der Waals surface area contributed by atoms with Gasteiger partial charge in [0.2, 0.25) is 5.91 Å². The van der Waals surface area contributed by atoms with Crippen molar-refractivity contribution in [3.05, 3.63) is 70.1 Å². The molecule has 1 aliphatic carbocycles. The molecule has 2 aromatic rings. The van der Waals surface area contributed by atoms with Crippen LogP contribution in [-0.4, -0.2) is 16.7 Å². The third-order valence-electron chi connectivity index (χ3n) is 5.73. The average Bonchev–Trinajstić information content (AvgIpc) is 2.63. The van der Waals surface area contributed by atoms with Gasteiger partial charge in [0.05, 0.1) is 5.69 Å². The SMILES string of the molecule is Cc1c(Cl)cccc1N1C(=O)CC(c2ccncc2)C2=C1CC(C)(C)CC2=O. The summed E-state index contributed by atoms with van der Waals surface area (Å²) in [6.45, 7) is 6.08. The lowest BCUT2D eigenvalue weighted by atomic mass is 9.69. The molecule has 4 nitrogen and oxygen atoms in total. The summed E-state index contributed by atoms with van der Waals surface area (Å²) in [4.78, 5) is 32.4. The summed E-state index contributed by atoms with van der Waals surface area (Å²) < 4.78 is 0. The van der Waals surface area contributed by atoms with Crippen molar-refractivity contribution in [1.29, 1.82) is 0 Å². The minimum absolute atomic E-state index is 0.00331. The first kappa shape index (κ1) is 18.9. The minimum atomic E-state index is -0.218. The predicted octanol–water partition coefficient (Wildman–Crippen LogP) is 5.21. The van der Waals surface area contributed by atoms with Crippen molar-refractivity contribution in [3.8, 4) is 0 Å². The van der Waals surface area contributed by atoms with Crippen molar-refractivity contribution in [1.82, 2.24) is 4.98 Å². The number of carbonyl (C=O) groups is 2. The molecule has 4 rings (SSSR count). The Morgan fingerprint density at radius 2 is 1.82 bits per heavy atom. The van der Waals surface area contributed by atoms with Gasteiger partial charge in [0.25, 0.3) is 0 Å². The summed E-state index contributed by atoms with van der Waals surface area (Å²) in [5.74, 6) is -0.0912. The van der Waals surface area contributed by atoms with Gasteiger partial charge < -0.3 is 0 Å². The van der Waals surface area contributed by atoms with E-state index in [4.69, 9.17) is 11.6 Å². The monoisotopic (exact) mass is 394 g/mol. The normalized spacial score (nSPS) is 21.7. The molecule has 1 unspecified atom stereocenters. The number of nitrogens with zero attached hydrogens (tertiary/aromatic N) is 2. The molecule has 5 heteroatoms. The summed E-state index contributed by atoms with van der Waals surface area (Å²) >= 11 is 6.34. The highest BCUT2D eigenvalue weighted by Crippen LogP contribution is 2.48. The zero-order chi connectivity index (χ0) is 20.1. The van der Waals surface area contributed by atoms with Crippen molar-refractivity contribution in [2.24, 2.45) is 5.41 Å². The van der Waals surface area contributed by atoms with E-state index < -0.39 is 0 Å². The van der Waals surface area contributed by atoms with Crippen molar-refractivity contribution in [2.75, 3.05) is 4.90 Å². The summed E-state index contributed by atoms with van der Waals surface area (Å²) in [6.07, 6.45) is 4.86. The zero-order valence-electron chi connectivity index (χ0n) is 16.3. The maximum absolute atomic E-state index is 13.3. The van der Waals surface area contributed by atoms with E-state index in [9.17, 15) is 9.59 Å².